The van der Waals surface area contributed by atoms with E-state index in [9.17, 15) is 5.21 Å². The van der Waals surface area contributed by atoms with E-state index in [0.29, 0.717) is 17.9 Å². The highest BCUT2D eigenvalue weighted by molar-refractivity contribution is 5.49. The maximum absolute atomic E-state index is 11.8. The minimum atomic E-state index is 0.524. The van der Waals surface area contributed by atoms with E-state index >= 15 is 0 Å². The molecule has 3 aromatic rings. The van der Waals surface area contributed by atoms with Crippen molar-refractivity contribution in [2.24, 2.45) is 0 Å². The molecule has 6 nitrogen and oxygen atoms in total. The van der Waals surface area contributed by atoms with Crippen LogP contribution in [-0.4, -0.2) is 22.1 Å². The van der Waals surface area contributed by atoms with E-state index in [-0.39, 0.29) is 0 Å². The summed E-state index contributed by atoms with van der Waals surface area (Å²) in [5.74, 6) is 0.804. The number of pyridine rings is 1. The first-order chi connectivity index (χ1) is 10.3. The molecule has 0 saturated carbocycles. The highest BCUT2D eigenvalue weighted by Gasteiger charge is 2.14. The molecule has 0 aliphatic rings. The van der Waals surface area contributed by atoms with Gasteiger partial charge in [-0.25, -0.2) is 4.68 Å². The van der Waals surface area contributed by atoms with E-state index in [2.05, 4.69) is 10.3 Å². The molecule has 0 saturated heterocycles. The second-order valence-corrected chi connectivity index (χ2v) is 4.54. The SMILES string of the molecule is COc1ccc(Cn2nncc2-c2cccc[n+]2[O-])cc1. The maximum atomic E-state index is 11.8. The summed E-state index contributed by atoms with van der Waals surface area (Å²) in [6.45, 7) is 0.536. The van der Waals surface area contributed by atoms with Crippen molar-refractivity contribution in [1.29, 1.82) is 0 Å². The molecule has 0 fully saturated rings. The molecule has 0 radical (unpaired) electrons. The summed E-state index contributed by atoms with van der Waals surface area (Å²) in [4.78, 5) is 0. The van der Waals surface area contributed by atoms with E-state index in [4.69, 9.17) is 4.74 Å². The number of hydrogen-bond donors (Lipinski definition) is 0. The van der Waals surface area contributed by atoms with Crippen molar-refractivity contribution in [3.63, 3.8) is 0 Å². The monoisotopic (exact) mass is 282 g/mol. The van der Waals surface area contributed by atoms with E-state index in [1.807, 2.05) is 30.3 Å². The molecule has 2 heterocycles. The average molecular weight is 282 g/mol. The third kappa shape index (κ3) is 2.69. The summed E-state index contributed by atoms with van der Waals surface area (Å²) in [7, 11) is 1.63. The van der Waals surface area contributed by atoms with Gasteiger partial charge < -0.3 is 9.94 Å². The zero-order valence-electron chi connectivity index (χ0n) is 11.5. The van der Waals surface area contributed by atoms with Crippen LogP contribution >= 0.6 is 0 Å². The van der Waals surface area contributed by atoms with Gasteiger partial charge in [-0.15, -0.1) is 5.10 Å². The van der Waals surface area contributed by atoms with E-state index < -0.39 is 0 Å². The molecular weight excluding hydrogens is 268 g/mol. The van der Waals surface area contributed by atoms with Gasteiger partial charge in [0.05, 0.1) is 19.9 Å². The largest absolute Gasteiger partial charge is 0.618 e. The Hall–Kier alpha value is -2.89. The van der Waals surface area contributed by atoms with E-state index in [1.165, 1.54) is 6.20 Å². The lowest BCUT2D eigenvalue weighted by molar-refractivity contribution is -0.593. The zero-order chi connectivity index (χ0) is 14.7. The van der Waals surface area contributed by atoms with Crippen LogP contribution in [0.25, 0.3) is 11.4 Å². The second kappa shape index (κ2) is 5.62. The van der Waals surface area contributed by atoms with Crippen LogP contribution in [0.3, 0.4) is 0 Å². The van der Waals surface area contributed by atoms with Crippen LogP contribution in [0.15, 0.2) is 54.9 Å². The van der Waals surface area contributed by atoms with Gasteiger partial charge in [0, 0.05) is 12.1 Å². The summed E-state index contributed by atoms with van der Waals surface area (Å²) in [5, 5.41) is 19.8. The van der Waals surface area contributed by atoms with Crippen molar-refractivity contribution in [3.05, 3.63) is 65.6 Å². The van der Waals surface area contributed by atoms with Gasteiger partial charge in [-0.3, -0.25) is 0 Å². The summed E-state index contributed by atoms with van der Waals surface area (Å²) in [5.41, 5.74) is 2.26. The first kappa shape index (κ1) is 13.1. The van der Waals surface area contributed by atoms with Crippen molar-refractivity contribution < 1.29 is 9.47 Å². The van der Waals surface area contributed by atoms with Crippen LogP contribution in [0.5, 0.6) is 5.75 Å². The van der Waals surface area contributed by atoms with Crippen LogP contribution in [0.1, 0.15) is 5.56 Å². The standard InChI is InChI=1S/C15H14N4O2/c1-21-13-7-5-12(6-8-13)11-18-15(10-16-17-18)14-4-2-3-9-19(14)20/h2-10H,11H2,1H3. The number of hydrogen-bond acceptors (Lipinski definition) is 4. The second-order valence-electron chi connectivity index (χ2n) is 4.54. The highest BCUT2D eigenvalue weighted by atomic mass is 16.5. The molecule has 1 aromatic carbocycles. The van der Waals surface area contributed by atoms with Gasteiger partial charge in [0.1, 0.15) is 5.75 Å². The molecule has 106 valence electrons. The predicted molar refractivity (Wildman–Crippen MR) is 76.5 cm³/mol. The molecule has 2 aromatic heterocycles. The normalized spacial score (nSPS) is 10.5. The molecule has 21 heavy (non-hydrogen) atoms. The molecular formula is C15H14N4O2. The molecule has 0 spiro atoms. The fraction of sp³-hybridized carbons (Fsp3) is 0.133. The van der Waals surface area contributed by atoms with Gasteiger partial charge >= 0.3 is 0 Å². The third-order valence-electron chi connectivity index (χ3n) is 3.20. The lowest BCUT2D eigenvalue weighted by Crippen LogP contribution is -2.29. The van der Waals surface area contributed by atoms with Crippen molar-refractivity contribution >= 4 is 0 Å². The number of aromatic nitrogens is 4. The molecule has 0 atom stereocenters. The lowest BCUT2D eigenvalue weighted by Gasteiger charge is -2.07. The molecule has 0 aliphatic heterocycles. The van der Waals surface area contributed by atoms with Crippen LogP contribution in [0.4, 0.5) is 0 Å². The molecule has 0 amide bonds. The van der Waals surface area contributed by atoms with Crippen LogP contribution in [-0.2, 0) is 6.54 Å². The van der Waals surface area contributed by atoms with Gasteiger partial charge in [-0.05, 0) is 23.8 Å². The lowest BCUT2D eigenvalue weighted by atomic mass is 10.2. The highest BCUT2D eigenvalue weighted by Crippen LogP contribution is 2.16. The number of methoxy groups -OCH3 is 1. The third-order valence-corrected chi connectivity index (χ3v) is 3.20. The number of benzene rings is 1. The molecule has 3 rings (SSSR count). The fourth-order valence-electron chi connectivity index (χ4n) is 2.10. The minimum absolute atomic E-state index is 0.524. The first-order valence-corrected chi connectivity index (χ1v) is 6.48. The Morgan fingerprint density at radius 2 is 2.00 bits per heavy atom. The Kier molecular flexibility index (Phi) is 3.51. The van der Waals surface area contributed by atoms with Crippen molar-refractivity contribution in [2.75, 3.05) is 7.11 Å². The van der Waals surface area contributed by atoms with Crippen molar-refractivity contribution in [2.45, 2.75) is 6.54 Å². The molecule has 0 N–H and O–H groups in total. The maximum Gasteiger partial charge on any atom is 0.243 e. The van der Waals surface area contributed by atoms with Crippen LogP contribution in [0.2, 0.25) is 0 Å². The minimum Gasteiger partial charge on any atom is -0.618 e. The van der Waals surface area contributed by atoms with Crippen molar-refractivity contribution in [3.8, 4) is 17.1 Å². The van der Waals surface area contributed by atoms with Gasteiger partial charge in [-0.2, -0.15) is 4.73 Å². The van der Waals surface area contributed by atoms with Gasteiger partial charge in [0.15, 0.2) is 11.9 Å². The fourth-order valence-corrected chi connectivity index (χ4v) is 2.10. The molecule has 0 unspecified atom stereocenters. The van der Waals surface area contributed by atoms with Gasteiger partial charge in [0.2, 0.25) is 5.69 Å². The topological polar surface area (TPSA) is 66.9 Å². The average Bonchev–Trinajstić information content (AvgIpc) is 2.96. The first-order valence-electron chi connectivity index (χ1n) is 6.48. The molecule has 0 bridgehead atoms. The van der Waals surface area contributed by atoms with Crippen LogP contribution < -0.4 is 9.47 Å². The van der Waals surface area contributed by atoms with Crippen molar-refractivity contribution in [1.82, 2.24) is 15.0 Å². The number of nitrogens with zero attached hydrogens (tertiary/aromatic N) is 4. The Morgan fingerprint density at radius 3 is 2.71 bits per heavy atom. The smallest absolute Gasteiger partial charge is 0.243 e. The van der Waals surface area contributed by atoms with E-state index in [0.717, 1.165) is 16.0 Å². The summed E-state index contributed by atoms with van der Waals surface area (Å²) < 4.78 is 7.64. The summed E-state index contributed by atoms with van der Waals surface area (Å²) in [6.07, 6.45) is 3.05. The zero-order valence-corrected chi connectivity index (χ0v) is 11.5. The Labute approximate surface area is 121 Å². The Morgan fingerprint density at radius 1 is 1.19 bits per heavy atom. The van der Waals surface area contributed by atoms with Gasteiger partial charge in [-0.1, -0.05) is 17.3 Å². The summed E-state index contributed by atoms with van der Waals surface area (Å²) in [6, 6.07) is 12.9. The molecule has 0 aliphatic carbocycles. The quantitative estimate of drug-likeness (QED) is 0.539. The van der Waals surface area contributed by atoms with Crippen LogP contribution in [0, 0.1) is 5.21 Å². The van der Waals surface area contributed by atoms with E-state index in [1.54, 1.807) is 30.1 Å². The number of rotatable bonds is 4. The van der Waals surface area contributed by atoms with Gasteiger partial charge in [0.25, 0.3) is 0 Å². The Bertz CT molecular complexity index is 737. The predicted octanol–water partition coefficient (Wildman–Crippen LogP) is 1.64. The summed E-state index contributed by atoms with van der Waals surface area (Å²) >= 11 is 0. The number of ether oxygens (including phenoxy) is 1. The molecule has 6 heteroatoms. The Balaban J connectivity index is 1.90.